The van der Waals surface area contributed by atoms with Gasteiger partial charge in [-0.3, -0.25) is 9.69 Å². The molecule has 0 atom stereocenters. The largest absolute Gasteiger partial charge is 0.497 e. The van der Waals surface area contributed by atoms with E-state index in [9.17, 15) is 4.79 Å². The van der Waals surface area contributed by atoms with Crippen LogP contribution < -0.4 is 14.4 Å². The number of benzene rings is 2. The van der Waals surface area contributed by atoms with E-state index >= 15 is 0 Å². The molecule has 1 aliphatic heterocycles. The molecule has 0 unspecified atom stereocenters. The first-order chi connectivity index (χ1) is 14.7. The number of halogens is 1. The summed E-state index contributed by atoms with van der Waals surface area (Å²) >= 11 is 12.0. The number of nitrogens with zero attached hydrogens (tertiary/aromatic N) is 3. The van der Waals surface area contributed by atoms with E-state index in [1.54, 1.807) is 26.2 Å². The van der Waals surface area contributed by atoms with Crippen molar-refractivity contribution in [1.82, 2.24) is 4.90 Å². The van der Waals surface area contributed by atoms with Crippen LogP contribution in [0.25, 0.3) is 4.85 Å². The average molecular weight is 458 g/mol. The fourth-order valence-corrected chi connectivity index (χ4v) is 4.20. The Balaban J connectivity index is 1.71. The highest BCUT2D eigenvalue weighted by Gasteiger charge is 2.49. The Kier molecular flexibility index (Phi) is 6.73. The lowest BCUT2D eigenvalue weighted by Gasteiger charge is -2.29. The lowest BCUT2D eigenvalue weighted by molar-refractivity contribution is -0.123. The van der Waals surface area contributed by atoms with E-state index in [2.05, 4.69) is 4.85 Å². The number of rotatable bonds is 7. The van der Waals surface area contributed by atoms with Crippen LogP contribution in [0, 0.1) is 13.5 Å². The summed E-state index contributed by atoms with van der Waals surface area (Å²) in [5.74, 6) is 1.41. The lowest BCUT2D eigenvalue weighted by atomic mass is 10.0. The van der Waals surface area contributed by atoms with Gasteiger partial charge in [0.05, 0.1) is 31.0 Å². The van der Waals surface area contributed by atoms with E-state index in [1.807, 2.05) is 43.0 Å². The first-order valence-electron chi connectivity index (χ1n) is 9.82. The number of hydrogen-bond acceptors (Lipinski definition) is 4. The number of anilines is 1. The van der Waals surface area contributed by atoms with Crippen LogP contribution in [0.5, 0.6) is 11.5 Å². The molecule has 1 saturated heterocycles. The normalized spacial score (nSPS) is 15.2. The number of carbonyl (C=O) groups excluding carboxylic acids is 1. The van der Waals surface area contributed by atoms with Crippen LogP contribution in [-0.2, 0) is 4.79 Å². The van der Waals surface area contributed by atoms with Crippen molar-refractivity contribution in [2.45, 2.75) is 32.7 Å². The van der Waals surface area contributed by atoms with Crippen molar-refractivity contribution in [1.29, 1.82) is 0 Å². The van der Waals surface area contributed by atoms with Crippen molar-refractivity contribution in [3.05, 3.63) is 58.4 Å². The minimum Gasteiger partial charge on any atom is -0.497 e. The molecule has 0 radical (unpaired) electrons. The third kappa shape index (κ3) is 4.32. The van der Waals surface area contributed by atoms with Gasteiger partial charge in [-0.25, -0.2) is 4.85 Å². The van der Waals surface area contributed by atoms with E-state index < -0.39 is 5.54 Å². The molecule has 0 bridgehead atoms. The summed E-state index contributed by atoms with van der Waals surface area (Å²) < 4.78 is 10.9. The molecular weight excluding hydrogens is 434 g/mol. The SMILES string of the molecule is [C-]#[N+]c1ccc(N2C(=O)C(C)(C)N(CCCOc3ccc(OC)cc3)C2=S)c(C)c1Cl. The maximum Gasteiger partial charge on any atom is 0.258 e. The number of methoxy groups -OCH3 is 1. The van der Waals surface area contributed by atoms with Crippen molar-refractivity contribution in [3.63, 3.8) is 0 Å². The van der Waals surface area contributed by atoms with Gasteiger partial charge in [-0.15, -0.1) is 0 Å². The minimum absolute atomic E-state index is 0.122. The second-order valence-corrected chi connectivity index (χ2v) is 8.41. The molecule has 0 saturated carbocycles. The minimum atomic E-state index is -0.797. The van der Waals surface area contributed by atoms with E-state index in [1.165, 1.54) is 4.90 Å². The highest BCUT2D eigenvalue weighted by Crippen LogP contribution is 2.39. The molecule has 0 spiro atoms. The summed E-state index contributed by atoms with van der Waals surface area (Å²) in [6, 6.07) is 10.7. The standard InChI is InChI=1S/C23H24ClN3O3S/c1-15-19(12-11-18(25-4)20(15)24)27-21(28)23(2,3)26(22(27)31)13-6-14-30-17-9-7-16(29-5)8-10-17/h7-12H,6,13-14H2,1-3,5H3. The molecule has 0 aromatic heterocycles. The van der Waals surface area contributed by atoms with Gasteiger partial charge in [0.25, 0.3) is 5.91 Å². The monoisotopic (exact) mass is 457 g/mol. The Morgan fingerprint density at radius 1 is 1.16 bits per heavy atom. The molecule has 2 aromatic carbocycles. The van der Waals surface area contributed by atoms with Gasteiger partial charge in [-0.05, 0) is 75.3 Å². The Bertz CT molecular complexity index is 1050. The quantitative estimate of drug-likeness (QED) is 0.317. The molecule has 2 aromatic rings. The number of hydrogen-bond donors (Lipinski definition) is 0. The highest BCUT2D eigenvalue weighted by atomic mass is 35.5. The van der Waals surface area contributed by atoms with Crippen LogP contribution in [0.15, 0.2) is 36.4 Å². The van der Waals surface area contributed by atoms with Gasteiger partial charge in [0.1, 0.15) is 17.0 Å². The Labute approximate surface area is 193 Å². The van der Waals surface area contributed by atoms with Crippen molar-refractivity contribution in [3.8, 4) is 11.5 Å². The van der Waals surface area contributed by atoms with E-state index in [4.69, 9.17) is 39.9 Å². The van der Waals surface area contributed by atoms with Crippen molar-refractivity contribution in [2.24, 2.45) is 0 Å². The Hall–Kier alpha value is -2.82. The summed E-state index contributed by atoms with van der Waals surface area (Å²) in [5, 5.41) is 0.765. The molecule has 31 heavy (non-hydrogen) atoms. The van der Waals surface area contributed by atoms with Gasteiger partial charge in [-0.1, -0.05) is 17.7 Å². The molecule has 6 nitrogen and oxygen atoms in total. The fourth-order valence-electron chi connectivity index (χ4n) is 3.50. The van der Waals surface area contributed by atoms with Crippen LogP contribution in [0.1, 0.15) is 25.8 Å². The second-order valence-electron chi connectivity index (χ2n) is 7.67. The highest BCUT2D eigenvalue weighted by molar-refractivity contribution is 7.80. The molecule has 0 N–H and O–H groups in total. The van der Waals surface area contributed by atoms with E-state index in [-0.39, 0.29) is 5.91 Å². The predicted molar refractivity (Wildman–Crippen MR) is 126 cm³/mol. The summed E-state index contributed by atoms with van der Waals surface area (Å²) in [6.45, 7) is 13.8. The molecule has 1 aliphatic rings. The predicted octanol–water partition coefficient (Wildman–Crippen LogP) is 5.39. The molecular formula is C23H24ClN3O3S. The third-order valence-corrected chi connectivity index (χ3v) is 6.26. The lowest BCUT2D eigenvalue weighted by Crippen LogP contribution is -2.44. The zero-order chi connectivity index (χ0) is 22.8. The van der Waals surface area contributed by atoms with Crippen LogP contribution in [0.4, 0.5) is 11.4 Å². The fraction of sp³-hybridized carbons (Fsp3) is 0.348. The Morgan fingerprint density at radius 2 is 1.81 bits per heavy atom. The molecule has 162 valence electrons. The van der Waals surface area contributed by atoms with Gasteiger partial charge < -0.3 is 14.4 Å². The topological polar surface area (TPSA) is 46.4 Å². The average Bonchev–Trinajstić information content (AvgIpc) is 2.92. The van der Waals surface area contributed by atoms with E-state index in [0.717, 1.165) is 11.5 Å². The smallest absolute Gasteiger partial charge is 0.258 e. The van der Waals surface area contributed by atoms with Crippen LogP contribution >= 0.6 is 23.8 Å². The van der Waals surface area contributed by atoms with Crippen LogP contribution in [-0.4, -0.2) is 41.7 Å². The van der Waals surface area contributed by atoms with Crippen molar-refractivity contribution < 1.29 is 14.3 Å². The second kappa shape index (κ2) is 9.13. The first-order valence-corrected chi connectivity index (χ1v) is 10.6. The van der Waals surface area contributed by atoms with Gasteiger partial charge >= 0.3 is 0 Å². The maximum absolute atomic E-state index is 13.2. The Morgan fingerprint density at radius 3 is 2.42 bits per heavy atom. The van der Waals surface area contributed by atoms with E-state index in [0.29, 0.717) is 46.6 Å². The molecule has 1 amide bonds. The number of amides is 1. The number of ether oxygens (including phenoxy) is 2. The van der Waals surface area contributed by atoms with Gasteiger partial charge in [0, 0.05) is 6.54 Å². The summed E-state index contributed by atoms with van der Waals surface area (Å²) in [4.78, 5) is 20.1. The summed E-state index contributed by atoms with van der Waals surface area (Å²) in [5.41, 5.74) is 0.824. The number of thiocarbonyl (C=S) groups is 1. The molecule has 0 aliphatic carbocycles. The molecule has 1 fully saturated rings. The zero-order valence-corrected chi connectivity index (χ0v) is 19.5. The van der Waals surface area contributed by atoms with Crippen LogP contribution in [0.3, 0.4) is 0 Å². The van der Waals surface area contributed by atoms with Gasteiger partial charge in [0.15, 0.2) is 5.11 Å². The maximum atomic E-state index is 13.2. The molecule has 1 heterocycles. The summed E-state index contributed by atoms with van der Waals surface area (Å²) in [7, 11) is 1.62. The van der Waals surface area contributed by atoms with Gasteiger partial charge in [0.2, 0.25) is 5.69 Å². The van der Waals surface area contributed by atoms with Gasteiger partial charge in [-0.2, -0.15) is 0 Å². The summed E-state index contributed by atoms with van der Waals surface area (Å²) in [6.07, 6.45) is 0.688. The van der Waals surface area contributed by atoms with Crippen molar-refractivity contribution in [2.75, 3.05) is 25.2 Å². The van der Waals surface area contributed by atoms with Crippen LogP contribution in [0.2, 0.25) is 5.02 Å². The molecule has 3 rings (SSSR count). The van der Waals surface area contributed by atoms with Crippen molar-refractivity contribution >= 4 is 46.2 Å². The first kappa shape index (κ1) is 22.9. The third-order valence-electron chi connectivity index (χ3n) is 5.38. The number of carbonyl (C=O) groups is 1. The molecule has 8 heteroatoms. The zero-order valence-electron chi connectivity index (χ0n) is 17.9.